The van der Waals surface area contributed by atoms with Gasteiger partial charge in [0.2, 0.25) is 0 Å². The molecular weight excluding hydrogens is 202 g/mol. The van der Waals surface area contributed by atoms with Gasteiger partial charge in [-0.1, -0.05) is 0 Å². The quantitative estimate of drug-likeness (QED) is 0.718. The summed E-state index contributed by atoms with van der Waals surface area (Å²) in [7, 11) is 0. The molecule has 0 aromatic carbocycles. The van der Waals surface area contributed by atoms with E-state index in [1.807, 2.05) is 6.07 Å². The lowest BCUT2D eigenvalue weighted by Gasteiger charge is -2.23. The highest BCUT2D eigenvalue weighted by Gasteiger charge is 2.21. The van der Waals surface area contributed by atoms with Crippen LogP contribution in [0.4, 0.5) is 4.79 Å². The Hall–Kier alpha value is -1.36. The minimum Gasteiger partial charge on any atom is -0.465 e. The van der Waals surface area contributed by atoms with Crippen molar-refractivity contribution in [3.05, 3.63) is 21.4 Å². The molecule has 74 valence electrons. The van der Waals surface area contributed by atoms with Crippen LogP contribution in [0.3, 0.4) is 0 Å². The van der Waals surface area contributed by atoms with Gasteiger partial charge in [0, 0.05) is 11.4 Å². The summed E-state index contributed by atoms with van der Waals surface area (Å²) in [6.07, 6.45) is 0.636. The van der Waals surface area contributed by atoms with Crippen LogP contribution in [0, 0.1) is 0 Å². The molecule has 1 aromatic heterocycles. The first-order valence-corrected chi connectivity index (χ1v) is 5.07. The summed E-state index contributed by atoms with van der Waals surface area (Å²) < 4.78 is 0. The molecule has 0 atom stereocenters. The largest absolute Gasteiger partial charge is 0.465 e. The van der Waals surface area contributed by atoms with Gasteiger partial charge in [0.05, 0.1) is 11.4 Å². The molecule has 1 aromatic rings. The normalized spacial score (nSPS) is 15.0. The van der Waals surface area contributed by atoms with E-state index in [0.717, 1.165) is 16.7 Å². The molecule has 5 heteroatoms. The number of hydrogen-bond acceptors (Lipinski definition) is 3. The Morgan fingerprint density at radius 2 is 2.43 bits per heavy atom. The van der Waals surface area contributed by atoms with Crippen LogP contribution < -0.4 is 0 Å². The van der Waals surface area contributed by atoms with Crippen molar-refractivity contribution < 1.29 is 14.7 Å². The fraction of sp³-hybridized carbons (Fsp3) is 0.333. The maximum atomic E-state index is 10.7. The van der Waals surface area contributed by atoms with Crippen molar-refractivity contribution in [2.75, 3.05) is 6.54 Å². The predicted octanol–water partition coefficient (Wildman–Crippen LogP) is 1.60. The summed E-state index contributed by atoms with van der Waals surface area (Å²) in [4.78, 5) is 24.3. The van der Waals surface area contributed by atoms with Gasteiger partial charge in [-0.3, -0.25) is 4.79 Å². The van der Waals surface area contributed by atoms with E-state index in [2.05, 4.69) is 0 Å². The Bertz CT molecular complexity index is 385. The number of carboxylic acid groups (broad SMARTS) is 1. The number of aldehydes is 1. The van der Waals surface area contributed by atoms with Crippen molar-refractivity contribution in [1.82, 2.24) is 4.90 Å². The zero-order valence-corrected chi connectivity index (χ0v) is 8.21. The Morgan fingerprint density at radius 1 is 1.64 bits per heavy atom. The molecule has 2 rings (SSSR count). The Kier molecular flexibility index (Phi) is 2.25. The van der Waals surface area contributed by atoms with Gasteiger partial charge in [0.15, 0.2) is 6.29 Å². The molecule has 1 N–H and O–H groups in total. The third kappa shape index (κ3) is 1.50. The van der Waals surface area contributed by atoms with Gasteiger partial charge >= 0.3 is 6.09 Å². The van der Waals surface area contributed by atoms with Gasteiger partial charge in [-0.05, 0) is 18.1 Å². The highest BCUT2D eigenvalue weighted by molar-refractivity contribution is 7.13. The highest BCUT2D eigenvalue weighted by atomic mass is 32.1. The van der Waals surface area contributed by atoms with Crippen molar-refractivity contribution in [3.8, 4) is 0 Å². The summed E-state index contributed by atoms with van der Waals surface area (Å²) in [5.74, 6) is 0. The average Bonchev–Trinajstić information content (AvgIpc) is 2.58. The van der Waals surface area contributed by atoms with E-state index < -0.39 is 6.09 Å². The van der Waals surface area contributed by atoms with Gasteiger partial charge in [0.25, 0.3) is 0 Å². The monoisotopic (exact) mass is 211 g/mol. The molecule has 4 nitrogen and oxygen atoms in total. The Morgan fingerprint density at radius 3 is 3.07 bits per heavy atom. The van der Waals surface area contributed by atoms with Crippen LogP contribution in [0.25, 0.3) is 0 Å². The Balaban J connectivity index is 2.25. The lowest BCUT2D eigenvalue weighted by molar-refractivity contribution is 0.112. The zero-order chi connectivity index (χ0) is 10.1. The smallest absolute Gasteiger partial charge is 0.407 e. The minimum atomic E-state index is -0.892. The number of carbonyl (C=O) groups is 2. The van der Waals surface area contributed by atoms with Crippen LogP contribution >= 0.6 is 11.3 Å². The fourth-order valence-electron chi connectivity index (χ4n) is 1.56. The number of thiophene rings is 1. The first-order valence-electron chi connectivity index (χ1n) is 4.25. The molecule has 0 unspecified atom stereocenters. The molecule has 1 aliphatic rings. The second-order valence-electron chi connectivity index (χ2n) is 3.17. The standard InChI is InChI=1S/C9H9NO3S/c11-5-7-3-6-1-2-10(9(12)13)4-8(6)14-7/h3,5H,1-2,4H2,(H,12,13). The lowest BCUT2D eigenvalue weighted by Crippen LogP contribution is -2.33. The van der Waals surface area contributed by atoms with Crippen LogP contribution in [0.5, 0.6) is 0 Å². The maximum absolute atomic E-state index is 10.7. The predicted molar refractivity (Wildman–Crippen MR) is 51.8 cm³/mol. The average molecular weight is 211 g/mol. The van der Waals surface area contributed by atoms with Crippen molar-refractivity contribution in [2.24, 2.45) is 0 Å². The molecule has 0 radical (unpaired) electrons. The summed E-state index contributed by atoms with van der Waals surface area (Å²) in [5, 5.41) is 8.79. The lowest BCUT2D eigenvalue weighted by atomic mass is 10.1. The van der Waals surface area contributed by atoms with Gasteiger partial charge < -0.3 is 10.0 Å². The van der Waals surface area contributed by atoms with Gasteiger partial charge in [0.1, 0.15) is 0 Å². The number of amides is 1. The molecule has 0 bridgehead atoms. The highest BCUT2D eigenvalue weighted by Crippen LogP contribution is 2.27. The van der Waals surface area contributed by atoms with E-state index in [0.29, 0.717) is 24.4 Å². The molecule has 0 saturated heterocycles. The van der Waals surface area contributed by atoms with E-state index in [1.54, 1.807) is 0 Å². The molecule has 14 heavy (non-hydrogen) atoms. The number of nitrogens with zero attached hydrogens (tertiary/aromatic N) is 1. The summed E-state index contributed by atoms with van der Waals surface area (Å²) in [6, 6.07) is 1.85. The van der Waals surface area contributed by atoms with Crippen molar-refractivity contribution in [3.63, 3.8) is 0 Å². The molecule has 0 aliphatic carbocycles. The minimum absolute atomic E-state index is 0.420. The molecule has 0 spiro atoms. The zero-order valence-electron chi connectivity index (χ0n) is 7.40. The number of carbonyl (C=O) groups excluding carboxylic acids is 1. The molecule has 0 saturated carbocycles. The third-order valence-electron chi connectivity index (χ3n) is 2.29. The van der Waals surface area contributed by atoms with E-state index in [9.17, 15) is 9.59 Å². The SMILES string of the molecule is O=Cc1cc2c(s1)CN(C(=O)O)CC2. The number of hydrogen-bond donors (Lipinski definition) is 1. The molecular formula is C9H9NO3S. The van der Waals surface area contributed by atoms with Gasteiger partial charge in [-0.15, -0.1) is 11.3 Å². The first kappa shape index (κ1) is 9.21. The maximum Gasteiger partial charge on any atom is 0.407 e. The van der Waals surface area contributed by atoms with E-state index in [1.165, 1.54) is 16.2 Å². The van der Waals surface area contributed by atoms with Crippen LogP contribution in [0.2, 0.25) is 0 Å². The third-order valence-corrected chi connectivity index (χ3v) is 3.38. The molecule has 2 heterocycles. The number of fused-ring (bicyclic) bond motifs is 1. The Labute approximate surface area is 84.8 Å². The number of rotatable bonds is 1. The van der Waals surface area contributed by atoms with E-state index >= 15 is 0 Å². The first-order chi connectivity index (χ1) is 6.70. The van der Waals surface area contributed by atoms with Gasteiger partial charge in [-0.2, -0.15) is 0 Å². The van der Waals surface area contributed by atoms with E-state index in [4.69, 9.17) is 5.11 Å². The molecule has 1 amide bonds. The van der Waals surface area contributed by atoms with Crippen LogP contribution in [-0.4, -0.2) is 28.9 Å². The second kappa shape index (κ2) is 3.42. The van der Waals surface area contributed by atoms with Crippen molar-refractivity contribution >= 4 is 23.7 Å². The van der Waals surface area contributed by atoms with Crippen molar-refractivity contribution in [2.45, 2.75) is 13.0 Å². The van der Waals surface area contributed by atoms with Crippen LogP contribution in [0.1, 0.15) is 20.1 Å². The fourth-order valence-corrected chi connectivity index (χ4v) is 2.61. The van der Waals surface area contributed by atoms with Crippen molar-refractivity contribution in [1.29, 1.82) is 0 Å². The molecule has 1 aliphatic heterocycles. The van der Waals surface area contributed by atoms with Gasteiger partial charge in [-0.25, -0.2) is 4.79 Å². The summed E-state index contributed by atoms with van der Waals surface area (Å²) in [5.41, 5.74) is 1.12. The summed E-state index contributed by atoms with van der Waals surface area (Å²) in [6.45, 7) is 0.945. The van der Waals surface area contributed by atoms with Crippen LogP contribution in [0.15, 0.2) is 6.07 Å². The molecule has 0 fully saturated rings. The van der Waals surface area contributed by atoms with Crippen LogP contribution in [-0.2, 0) is 13.0 Å². The second-order valence-corrected chi connectivity index (χ2v) is 4.34. The summed E-state index contributed by atoms with van der Waals surface area (Å²) >= 11 is 1.38. The van der Waals surface area contributed by atoms with E-state index in [-0.39, 0.29) is 0 Å². The topological polar surface area (TPSA) is 57.6 Å².